The molecule has 6 nitrogen and oxygen atoms in total. The Balaban J connectivity index is 1.89. The monoisotopic (exact) mass is 312 g/mol. The van der Waals surface area contributed by atoms with Gasteiger partial charge >= 0.3 is 12.0 Å². The maximum absolute atomic E-state index is 12.4. The molecule has 2 amide bonds. The Kier molecular flexibility index (Phi) is 5.67. The highest BCUT2D eigenvalue weighted by Crippen LogP contribution is 2.30. The lowest BCUT2D eigenvalue weighted by atomic mass is 9.84. The smallest absolute Gasteiger partial charge is 0.317 e. The second kappa shape index (κ2) is 7.31. The van der Waals surface area contributed by atoms with E-state index in [1.165, 1.54) is 6.42 Å². The molecule has 1 saturated heterocycles. The largest absolute Gasteiger partial charge is 0.481 e. The number of urea groups is 1. The van der Waals surface area contributed by atoms with Crippen LogP contribution < -0.4 is 5.32 Å². The number of amides is 2. The van der Waals surface area contributed by atoms with E-state index in [0.717, 1.165) is 25.7 Å². The van der Waals surface area contributed by atoms with E-state index in [4.69, 9.17) is 4.74 Å². The molecule has 0 aromatic heterocycles. The van der Waals surface area contributed by atoms with Crippen LogP contribution in [-0.2, 0) is 9.53 Å². The van der Waals surface area contributed by atoms with Crippen LogP contribution in [-0.4, -0.2) is 54.4 Å². The SMILES string of the molecule is COC1(CNC(=O)N2CC(C)CC(C(=O)O)C2)CCCCC1. The summed E-state index contributed by atoms with van der Waals surface area (Å²) in [4.78, 5) is 25.2. The van der Waals surface area contributed by atoms with E-state index in [2.05, 4.69) is 5.32 Å². The molecule has 0 spiro atoms. The van der Waals surface area contributed by atoms with Crippen LogP contribution in [0.5, 0.6) is 0 Å². The third-order valence-corrected chi connectivity index (χ3v) is 5.06. The van der Waals surface area contributed by atoms with Crippen molar-refractivity contribution < 1.29 is 19.4 Å². The van der Waals surface area contributed by atoms with Gasteiger partial charge in [-0.2, -0.15) is 0 Å². The molecule has 1 aliphatic heterocycles. The molecule has 2 N–H and O–H groups in total. The van der Waals surface area contributed by atoms with E-state index < -0.39 is 11.9 Å². The van der Waals surface area contributed by atoms with Gasteiger partial charge in [0.05, 0.1) is 11.5 Å². The molecule has 2 fully saturated rings. The van der Waals surface area contributed by atoms with Crippen LogP contribution >= 0.6 is 0 Å². The summed E-state index contributed by atoms with van der Waals surface area (Å²) in [6, 6.07) is -0.167. The van der Waals surface area contributed by atoms with E-state index in [9.17, 15) is 14.7 Å². The van der Waals surface area contributed by atoms with Gasteiger partial charge in [0.25, 0.3) is 0 Å². The molecule has 1 saturated carbocycles. The number of nitrogens with zero attached hydrogens (tertiary/aromatic N) is 1. The van der Waals surface area contributed by atoms with Crippen LogP contribution in [0.25, 0.3) is 0 Å². The minimum Gasteiger partial charge on any atom is -0.481 e. The number of hydrogen-bond acceptors (Lipinski definition) is 3. The quantitative estimate of drug-likeness (QED) is 0.833. The van der Waals surface area contributed by atoms with Crippen molar-refractivity contribution in [1.29, 1.82) is 0 Å². The number of rotatable bonds is 4. The number of ether oxygens (including phenoxy) is 1. The first-order valence-electron chi connectivity index (χ1n) is 8.26. The van der Waals surface area contributed by atoms with Gasteiger partial charge in [-0.05, 0) is 25.2 Å². The van der Waals surface area contributed by atoms with E-state index in [1.807, 2.05) is 6.92 Å². The van der Waals surface area contributed by atoms with E-state index in [1.54, 1.807) is 12.0 Å². The molecule has 2 unspecified atom stereocenters. The summed E-state index contributed by atoms with van der Waals surface area (Å²) >= 11 is 0. The zero-order valence-electron chi connectivity index (χ0n) is 13.6. The standard InChI is InChI=1S/C16H28N2O4/c1-12-8-13(14(19)20)10-18(9-12)15(21)17-11-16(22-2)6-4-3-5-7-16/h12-13H,3-11H2,1-2H3,(H,17,21)(H,19,20). The number of carboxylic acid groups (broad SMARTS) is 1. The lowest BCUT2D eigenvalue weighted by Crippen LogP contribution is -2.53. The van der Waals surface area contributed by atoms with Crippen molar-refractivity contribution >= 4 is 12.0 Å². The van der Waals surface area contributed by atoms with Crippen LogP contribution in [0.3, 0.4) is 0 Å². The number of carbonyl (C=O) groups is 2. The molecule has 0 radical (unpaired) electrons. The van der Waals surface area contributed by atoms with Gasteiger partial charge in [0.15, 0.2) is 0 Å². The Morgan fingerprint density at radius 3 is 2.55 bits per heavy atom. The third kappa shape index (κ3) is 4.12. The van der Waals surface area contributed by atoms with Gasteiger partial charge < -0.3 is 20.1 Å². The highest BCUT2D eigenvalue weighted by molar-refractivity contribution is 5.76. The van der Waals surface area contributed by atoms with E-state index in [0.29, 0.717) is 26.1 Å². The third-order valence-electron chi connectivity index (χ3n) is 5.06. The summed E-state index contributed by atoms with van der Waals surface area (Å²) in [6.07, 6.45) is 6.07. The normalized spacial score (nSPS) is 28.2. The van der Waals surface area contributed by atoms with Crippen LogP contribution in [0.15, 0.2) is 0 Å². The van der Waals surface area contributed by atoms with Crippen molar-refractivity contribution in [3.05, 3.63) is 0 Å². The van der Waals surface area contributed by atoms with Gasteiger partial charge in [-0.1, -0.05) is 26.2 Å². The molecule has 22 heavy (non-hydrogen) atoms. The molecular weight excluding hydrogens is 284 g/mol. The van der Waals surface area contributed by atoms with Crippen molar-refractivity contribution in [1.82, 2.24) is 10.2 Å². The summed E-state index contributed by atoms with van der Waals surface area (Å²) in [5.74, 6) is -1.06. The van der Waals surface area contributed by atoms with E-state index in [-0.39, 0.29) is 17.6 Å². The molecular formula is C16H28N2O4. The fraction of sp³-hybridized carbons (Fsp3) is 0.875. The molecule has 0 bridgehead atoms. The Morgan fingerprint density at radius 1 is 1.27 bits per heavy atom. The molecule has 2 aliphatic rings. The van der Waals surface area contributed by atoms with Gasteiger partial charge in [-0.25, -0.2) is 4.79 Å². The second-order valence-electron chi connectivity index (χ2n) is 6.89. The van der Waals surface area contributed by atoms with Crippen LogP contribution in [0.1, 0.15) is 45.4 Å². The van der Waals surface area contributed by atoms with Crippen molar-refractivity contribution in [2.24, 2.45) is 11.8 Å². The fourth-order valence-electron chi connectivity index (χ4n) is 3.69. The minimum atomic E-state index is -0.815. The molecule has 2 rings (SSSR count). The Bertz CT molecular complexity index is 407. The predicted octanol–water partition coefficient (Wildman–Crippen LogP) is 2.09. The minimum absolute atomic E-state index is 0.167. The number of hydrogen-bond donors (Lipinski definition) is 2. The summed E-state index contributed by atoms with van der Waals surface area (Å²) in [5, 5.41) is 12.2. The van der Waals surface area contributed by atoms with Gasteiger partial charge in [0.1, 0.15) is 0 Å². The maximum Gasteiger partial charge on any atom is 0.317 e. The van der Waals surface area contributed by atoms with Crippen LogP contribution in [0.4, 0.5) is 4.79 Å². The fourth-order valence-corrected chi connectivity index (χ4v) is 3.69. The number of carbonyl (C=O) groups excluding carboxylic acids is 1. The van der Waals surface area contributed by atoms with Crippen LogP contribution in [0.2, 0.25) is 0 Å². The van der Waals surface area contributed by atoms with Gasteiger partial charge in [-0.15, -0.1) is 0 Å². The van der Waals surface area contributed by atoms with Gasteiger partial charge in [-0.3, -0.25) is 4.79 Å². The van der Waals surface area contributed by atoms with Crippen molar-refractivity contribution in [2.45, 2.75) is 51.0 Å². The molecule has 0 aromatic carbocycles. The summed E-state index contributed by atoms with van der Waals surface area (Å²) in [7, 11) is 1.71. The first-order chi connectivity index (χ1) is 10.5. The number of likely N-dealkylation sites (tertiary alicyclic amines) is 1. The van der Waals surface area contributed by atoms with Gasteiger partial charge in [0, 0.05) is 26.7 Å². The van der Waals surface area contributed by atoms with Crippen molar-refractivity contribution in [3.63, 3.8) is 0 Å². The number of piperidine rings is 1. The highest BCUT2D eigenvalue weighted by atomic mass is 16.5. The summed E-state index contributed by atoms with van der Waals surface area (Å²) in [6.45, 7) is 3.42. The second-order valence-corrected chi connectivity index (χ2v) is 6.89. The highest BCUT2D eigenvalue weighted by Gasteiger charge is 2.35. The summed E-state index contributed by atoms with van der Waals surface area (Å²) < 4.78 is 5.67. The maximum atomic E-state index is 12.4. The van der Waals surface area contributed by atoms with E-state index >= 15 is 0 Å². The predicted molar refractivity (Wildman–Crippen MR) is 82.7 cm³/mol. The zero-order chi connectivity index (χ0) is 16.2. The number of aliphatic carboxylic acids is 1. The molecule has 0 aromatic rings. The first-order valence-corrected chi connectivity index (χ1v) is 8.26. The summed E-state index contributed by atoms with van der Waals surface area (Å²) in [5.41, 5.74) is -0.248. The number of carboxylic acids is 1. The molecule has 1 aliphatic carbocycles. The van der Waals surface area contributed by atoms with Crippen molar-refractivity contribution in [2.75, 3.05) is 26.7 Å². The average Bonchev–Trinajstić information content (AvgIpc) is 2.53. The molecule has 1 heterocycles. The number of nitrogens with one attached hydrogen (secondary N) is 1. The molecule has 2 atom stereocenters. The molecule has 126 valence electrons. The Morgan fingerprint density at radius 2 is 1.95 bits per heavy atom. The Labute approximate surface area is 132 Å². The van der Waals surface area contributed by atoms with Crippen LogP contribution in [0, 0.1) is 11.8 Å². The molecule has 6 heteroatoms. The number of methoxy groups -OCH3 is 1. The topological polar surface area (TPSA) is 78.9 Å². The van der Waals surface area contributed by atoms with Gasteiger partial charge in [0.2, 0.25) is 0 Å². The van der Waals surface area contributed by atoms with Crippen molar-refractivity contribution in [3.8, 4) is 0 Å². The first kappa shape index (κ1) is 17.1. The lowest BCUT2D eigenvalue weighted by Gasteiger charge is -2.38. The lowest BCUT2D eigenvalue weighted by molar-refractivity contribution is -0.143. The Hall–Kier alpha value is -1.30. The zero-order valence-corrected chi connectivity index (χ0v) is 13.6. The average molecular weight is 312 g/mol.